The maximum Gasteiger partial charge on any atom is 0.255 e. The van der Waals surface area contributed by atoms with Crippen LogP contribution in [0.2, 0.25) is 0 Å². The van der Waals surface area contributed by atoms with Crippen LogP contribution in [-0.4, -0.2) is 28.8 Å². The summed E-state index contributed by atoms with van der Waals surface area (Å²) in [4.78, 5) is 12.2. The third-order valence-electron chi connectivity index (χ3n) is 4.15. The molecule has 4 nitrogen and oxygen atoms in total. The van der Waals surface area contributed by atoms with Crippen LogP contribution in [0, 0.1) is 5.92 Å². The Labute approximate surface area is 119 Å². The molecule has 0 saturated heterocycles. The van der Waals surface area contributed by atoms with Crippen molar-refractivity contribution in [2.24, 2.45) is 5.92 Å². The Hall–Kier alpha value is -1.55. The van der Waals surface area contributed by atoms with E-state index in [9.17, 15) is 9.90 Å². The molecule has 0 spiro atoms. The average Bonchev–Trinajstić information content (AvgIpc) is 2.48. The number of phenolic OH excluding ortho intramolecular Hbond substituents is 1. The van der Waals surface area contributed by atoms with Gasteiger partial charge in [0.05, 0.1) is 5.56 Å². The first kappa shape index (κ1) is 14.9. The molecule has 3 N–H and O–H groups in total. The molecule has 0 radical (unpaired) electrons. The number of hydrogen-bond acceptors (Lipinski definition) is 3. The van der Waals surface area contributed by atoms with Gasteiger partial charge in [0, 0.05) is 12.6 Å². The van der Waals surface area contributed by atoms with Crippen LogP contribution in [0.1, 0.15) is 48.5 Å². The molecule has 20 heavy (non-hydrogen) atoms. The number of aromatic hydroxyl groups is 1. The number of benzene rings is 1. The Morgan fingerprint density at radius 1 is 1.30 bits per heavy atom. The van der Waals surface area contributed by atoms with Gasteiger partial charge in [-0.25, -0.2) is 0 Å². The molecule has 1 aromatic rings. The number of phenols is 1. The van der Waals surface area contributed by atoms with Gasteiger partial charge in [-0.1, -0.05) is 13.0 Å². The minimum absolute atomic E-state index is 0.0312. The maximum absolute atomic E-state index is 12.2. The van der Waals surface area contributed by atoms with Crippen LogP contribution in [0.5, 0.6) is 5.75 Å². The summed E-state index contributed by atoms with van der Waals surface area (Å²) in [5.74, 6) is 0.203. The van der Waals surface area contributed by atoms with Gasteiger partial charge in [-0.2, -0.15) is 0 Å². The van der Waals surface area contributed by atoms with E-state index in [2.05, 4.69) is 5.32 Å². The molecule has 1 amide bonds. The predicted octanol–water partition coefficient (Wildman–Crippen LogP) is 2.24. The first-order valence-electron chi connectivity index (χ1n) is 7.37. The van der Waals surface area contributed by atoms with Crippen LogP contribution in [-0.2, 0) is 6.42 Å². The molecule has 1 aliphatic rings. The lowest BCUT2D eigenvalue weighted by atomic mass is 9.86. The molecule has 0 unspecified atom stereocenters. The highest BCUT2D eigenvalue weighted by Crippen LogP contribution is 2.25. The van der Waals surface area contributed by atoms with Crippen molar-refractivity contribution in [3.8, 4) is 5.75 Å². The molecule has 0 aliphatic heterocycles. The van der Waals surface area contributed by atoms with Crippen LogP contribution in [0.3, 0.4) is 0 Å². The van der Waals surface area contributed by atoms with Gasteiger partial charge in [0.25, 0.3) is 5.91 Å². The van der Waals surface area contributed by atoms with E-state index in [1.165, 1.54) is 0 Å². The van der Waals surface area contributed by atoms with Crippen LogP contribution in [0.25, 0.3) is 0 Å². The largest absolute Gasteiger partial charge is 0.507 e. The molecule has 1 saturated carbocycles. The van der Waals surface area contributed by atoms with Gasteiger partial charge in [0.15, 0.2) is 0 Å². The molecule has 0 aromatic heterocycles. The van der Waals surface area contributed by atoms with E-state index < -0.39 is 0 Å². The van der Waals surface area contributed by atoms with Gasteiger partial charge in [-0.15, -0.1) is 0 Å². The van der Waals surface area contributed by atoms with Crippen molar-refractivity contribution < 1.29 is 15.0 Å². The fourth-order valence-electron chi connectivity index (χ4n) is 2.74. The van der Waals surface area contributed by atoms with E-state index in [1.807, 2.05) is 13.0 Å². The van der Waals surface area contributed by atoms with Crippen LogP contribution in [0.15, 0.2) is 18.2 Å². The van der Waals surface area contributed by atoms with E-state index in [1.54, 1.807) is 12.1 Å². The summed E-state index contributed by atoms with van der Waals surface area (Å²) in [7, 11) is 0. The summed E-state index contributed by atoms with van der Waals surface area (Å²) in [6, 6.07) is 5.31. The highest BCUT2D eigenvalue weighted by Gasteiger charge is 2.23. The van der Waals surface area contributed by atoms with Crippen LogP contribution in [0.4, 0.5) is 0 Å². The Morgan fingerprint density at radius 2 is 2.00 bits per heavy atom. The van der Waals surface area contributed by atoms with Gasteiger partial charge >= 0.3 is 0 Å². The molecule has 0 bridgehead atoms. The molecular weight excluding hydrogens is 254 g/mol. The van der Waals surface area contributed by atoms with Crippen LogP contribution >= 0.6 is 0 Å². The third kappa shape index (κ3) is 3.51. The highest BCUT2D eigenvalue weighted by atomic mass is 16.3. The van der Waals surface area contributed by atoms with Crippen molar-refractivity contribution >= 4 is 5.91 Å². The molecule has 1 aromatic carbocycles. The minimum Gasteiger partial charge on any atom is -0.507 e. The molecule has 110 valence electrons. The number of aliphatic hydroxyl groups is 1. The number of hydrogen-bond donors (Lipinski definition) is 3. The fraction of sp³-hybridized carbons (Fsp3) is 0.562. The Balaban J connectivity index is 1.98. The zero-order valence-electron chi connectivity index (χ0n) is 11.9. The smallest absolute Gasteiger partial charge is 0.255 e. The summed E-state index contributed by atoms with van der Waals surface area (Å²) in [6.07, 6.45) is 4.52. The van der Waals surface area contributed by atoms with Gasteiger partial charge < -0.3 is 15.5 Å². The van der Waals surface area contributed by atoms with Crippen molar-refractivity contribution in [3.63, 3.8) is 0 Å². The number of rotatable bonds is 4. The standard InChI is InChI=1S/C16H23NO3/c1-2-11-5-8-15(19)14(9-11)16(20)17-13-6-3-12(10-18)4-7-13/h5,8-9,12-13,18-19H,2-4,6-7,10H2,1H3,(H,17,20). The Morgan fingerprint density at radius 3 is 2.60 bits per heavy atom. The lowest BCUT2D eigenvalue weighted by Crippen LogP contribution is -2.38. The summed E-state index contributed by atoms with van der Waals surface area (Å²) in [5, 5.41) is 21.9. The topological polar surface area (TPSA) is 69.6 Å². The monoisotopic (exact) mass is 277 g/mol. The lowest BCUT2D eigenvalue weighted by Gasteiger charge is -2.28. The summed E-state index contributed by atoms with van der Waals surface area (Å²) in [5.41, 5.74) is 1.39. The SMILES string of the molecule is CCc1ccc(O)c(C(=O)NC2CCC(CO)CC2)c1. The molecular formula is C16H23NO3. The van der Waals surface area contributed by atoms with E-state index in [4.69, 9.17) is 5.11 Å². The maximum atomic E-state index is 12.2. The predicted molar refractivity (Wildman–Crippen MR) is 77.8 cm³/mol. The van der Waals surface area contributed by atoms with Crippen molar-refractivity contribution in [2.45, 2.75) is 45.1 Å². The zero-order valence-corrected chi connectivity index (χ0v) is 11.9. The second-order valence-corrected chi connectivity index (χ2v) is 5.58. The van der Waals surface area contributed by atoms with E-state index >= 15 is 0 Å². The fourth-order valence-corrected chi connectivity index (χ4v) is 2.74. The number of aliphatic hydroxyl groups excluding tert-OH is 1. The first-order valence-corrected chi connectivity index (χ1v) is 7.37. The van der Waals surface area contributed by atoms with Crippen molar-refractivity contribution in [1.29, 1.82) is 0 Å². The molecule has 2 rings (SSSR count). The number of carbonyl (C=O) groups excluding carboxylic acids is 1. The zero-order chi connectivity index (χ0) is 14.5. The quantitative estimate of drug-likeness (QED) is 0.790. The second-order valence-electron chi connectivity index (χ2n) is 5.58. The summed E-state index contributed by atoms with van der Waals surface area (Å²) >= 11 is 0. The Kier molecular flexibility index (Phi) is 5.01. The number of carbonyl (C=O) groups is 1. The van der Waals surface area contributed by atoms with Gasteiger partial charge in [-0.3, -0.25) is 4.79 Å². The van der Waals surface area contributed by atoms with E-state index in [0.29, 0.717) is 11.5 Å². The summed E-state index contributed by atoms with van der Waals surface area (Å²) in [6.45, 7) is 2.25. The molecule has 1 fully saturated rings. The molecule has 4 heteroatoms. The number of nitrogens with one attached hydrogen (secondary N) is 1. The average molecular weight is 277 g/mol. The number of amides is 1. The number of aryl methyl sites for hydroxylation is 1. The van der Waals surface area contributed by atoms with E-state index in [-0.39, 0.29) is 24.3 Å². The van der Waals surface area contributed by atoms with Gasteiger partial charge in [-0.05, 0) is 55.7 Å². The third-order valence-corrected chi connectivity index (χ3v) is 4.15. The van der Waals surface area contributed by atoms with Gasteiger partial charge in [0.1, 0.15) is 5.75 Å². The normalized spacial score (nSPS) is 22.5. The lowest BCUT2D eigenvalue weighted by molar-refractivity contribution is 0.0911. The molecule has 0 heterocycles. The summed E-state index contributed by atoms with van der Waals surface area (Å²) < 4.78 is 0. The van der Waals surface area contributed by atoms with Crippen molar-refractivity contribution in [3.05, 3.63) is 29.3 Å². The van der Waals surface area contributed by atoms with Crippen LogP contribution < -0.4 is 5.32 Å². The van der Waals surface area contributed by atoms with Crippen molar-refractivity contribution in [2.75, 3.05) is 6.61 Å². The van der Waals surface area contributed by atoms with Gasteiger partial charge in [0.2, 0.25) is 0 Å². The molecule has 0 atom stereocenters. The Bertz CT molecular complexity index is 465. The van der Waals surface area contributed by atoms with Crippen molar-refractivity contribution in [1.82, 2.24) is 5.32 Å². The minimum atomic E-state index is -0.203. The molecule has 1 aliphatic carbocycles. The second kappa shape index (κ2) is 6.75. The first-order chi connectivity index (χ1) is 9.63. The highest BCUT2D eigenvalue weighted by molar-refractivity contribution is 5.97. The van der Waals surface area contributed by atoms with E-state index in [0.717, 1.165) is 37.7 Å².